The topological polar surface area (TPSA) is 34.9 Å². The van der Waals surface area contributed by atoms with Crippen LogP contribution in [-0.2, 0) is 6.54 Å². The van der Waals surface area contributed by atoms with Gasteiger partial charge in [0, 0.05) is 11.9 Å². The van der Waals surface area contributed by atoms with Crippen molar-refractivity contribution >= 4 is 26.8 Å². The maximum absolute atomic E-state index is 12.2. The van der Waals surface area contributed by atoms with Crippen molar-refractivity contribution in [1.29, 1.82) is 0 Å². The Morgan fingerprint density at radius 3 is 2.88 bits per heavy atom. The quantitative estimate of drug-likeness (QED) is 0.813. The summed E-state index contributed by atoms with van der Waals surface area (Å²) in [5.74, 6) is 0.468. The first-order valence-corrected chi connectivity index (χ1v) is 6.88. The standard InChI is InChI=1S/C13H15BrN2O/c1-2-10(7-14)8-16-9-15-12-6-4-3-5-11(12)13(16)17/h3-6,9-10H,2,7-8H2,1H3. The molecule has 1 heterocycles. The van der Waals surface area contributed by atoms with Crippen LogP contribution in [0.5, 0.6) is 0 Å². The zero-order valence-electron chi connectivity index (χ0n) is 9.77. The molecular weight excluding hydrogens is 280 g/mol. The first-order chi connectivity index (χ1) is 8.26. The van der Waals surface area contributed by atoms with Gasteiger partial charge in [0.1, 0.15) is 0 Å². The van der Waals surface area contributed by atoms with E-state index in [9.17, 15) is 4.79 Å². The molecule has 0 amide bonds. The van der Waals surface area contributed by atoms with Crippen LogP contribution < -0.4 is 5.56 Å². The average molecular weight is 295 g/mol. The lowest BCUT2D eigenvalue weighted by atomic mass is 10.1. The van der Waals surface area contributed by atoms with E-state index in [2.05, 4.69) is 27.8 Å². The summed E-state index contributed by atoms with van der Waals surface area (Å²) in [5, 5.41) is 1.60. The maximum Gasteiger partial charge on any atom is 0.261 e. The molecule has 4 heteroatoms. The Morgan fingerprint density at radius 2 is 2.18 bits per heavy atom. The van der Waals surface area contributed by atoms with E-state index in [0.29, 0.717) is 11.3 Å². The van der Waals surface area contributed by atoms with Gasteiger partial charge in [-0.1, -0.05) is 41.4 Å². The molecular formula is C13H15BrN2O. The normalized spacial score (nSPS) is 12.8. The molecule has 1 unspecified atom stereocenters. The van der Waals surface area contributed by atoms with Crippen molar-refractivity contribution in [3.63, 3.8) is 0 Å². The minimum Gasteiger partial charge on any atom is -0.298 e. The van der Waals surface area contributed by atoms with Crippen LogP contribution in [0.15, 0.2) is 35.4 Å². The molecule has 0 saturated heterocycles. The predicted octanol–water partition coefficient (Wildman–Crippen LogP) is 2.82. The van der Waals surface area contributed by atoms with Crippen LogP contribution in [-0.4, -0.2) is 14.9 Å². The molecule has 0 spiro atoms. The summed E-state index contributed by atoms with van der Waals surface area (Å²) < 4.78 is 1.71. The summed E-state index contributed by atoms with van der Waals surface area (Å²) in [5.41, 5.74) is 0.815. The molecule has 0 aliphatic heterocycles. The summed E-state index contributed by atoms with van der Waals surface area (Å²) in [6.07, 6.45) is 2.69. The van der Waals surface area contributed by atoms with Crippen LogP contribution in [0.25, 0.3) is 10.9 Å². The van der Waals surface area contributed by atoms with Crippen LogP contribution in [0.1, 0.15) is 13.3 Å². The van der Waals surface area contributed by atoms with Crippen molar-refractivity contribution in [3.05, 3.63) is 40.9 Å². The van der Waals surface area contributed by atoms with E-state index in [4.69, 9.17) is 0 Å². The number of hydrogen-bond acceptors (Lipinski definition) is 2. The van der Waals surface area contributed by atoms with E-state index in [1.54, 1.807) is 10.9 Å². The summed E-state index contributed by atoms with van der Waals surface area (Å²) in [6, 6.07) is 7.46. The maximum atomic E-state index is 12.2. The largest absolute Gasteiger partial charge is 0.298 e. The van der Waals surface area contributed by atoms with Gasteiger partial charge in [0.25, 0.3) is 5.56 Å². The highest BCUT2D eigenvalue weighted by Gasteiger charge is 2.08. The van der Waals surface area contributed by atoms with Gasteiger partial charge in [0.2, 0.25) is 0 Å². The number of halogens is 1. The molecule has 0 fully saturated rings. The number of alkyl halides is 1. The van der Waals surface area contributed by atoms with Gasteiger partial charge in [-0.05, 0) is 18.1 Å². The number of nitrogens with zero attached hydrogens (tertiary/aromatic N) is 2. The van der Waals surface area contributed by atoms with Crippen LogP contribution in [0.3, 0.4) is 0 Å². The van der Waals surface area contributed by atoms with Gasteiger partial charge in [-0.25, -0.2) is 4.98 Å². The van der Waals surface area contributed by atoms with E-state index >= 15 is 0 Å². The minimum atomic E-state index is 0.0509. The van der Waals surface area contributed by atoms with Gasteiger partial charge >= 0.3 is 0 Å². The molecule has 2 aromatic rings. The minimum absolute atomic E-state index is 0.0509. The molecule has 0 aliphatic rings. The summed E-state index contributed by atoms with van der Waals surface area (Å²) in [4.78, 5) is 16.5. The molecule has 1 atom stereocenters. The van der Waals surface area contributed by atoms with Crippen molar-refractivity contribution in [1.82, 2.24) is 9.55 Å². The van der Waals surface area contributed by atoms with E-state index in [1.807, 2.05) is 24.3 Å². The third-order valence-corrected chi connectivity index (χ3v) is 3.90. The molecule has 17 heavy (non-hydrogen) atoms. The molecule has 3 nitrogen and oxygen atoms in total. The molecule has 0 aliphatic carbocycles. The average Bonchev–Trinajstić information content (AvgIpc) is 2.38. The summed E-state index contributed by atoms with van der Waals surface area (Å²) in [6.45, 7) is 2.85. The number of para-hydroxylation sites is 1. The number of benzene rings is 1. The zero-order chi connectivity index (χ0) is 12.3. The molecule has 0 N–H and O–H groups in total. The van der Waals surface area contributed by atoms with Gasteiger partial charge < -0.3 is 0 Å². The second kappa shape index (κ2) is 5.45. The van der Waals surface area contributed by atoms with E-state index < -0.39 is 0 Å². The highest BCUT2D eigenvalue weighted by molar-refractivity contribution is 9.09. The van der Waals surface area contributed by atoms with Crippen LogP contribution in [0.2, 0.25) is 0 Å². The van der Waals surface area contributed by atoms with Crippen molar-refractivity contribution in [2.75, 3.05) is 5.33 Å². The Morgan fingerprint density at radius 1 is 1.41 bits per heavy atom. The first-order valence-electron chi connectivity index (χ1n) is 5.76. The number of fused-ring (bicyclic) bond motifs is 1. The molecule has 90 valence electrons. The van der Waals surface area contributed by atoms with Crippen molar-refractivity contribution in [2.45, 2.75) is 19.9 Å². The van der Waals surface area contributed by atoms with Crippen molar-refractivity contribution < 1.29 is 0 Å². The van der Waals surface area contributed by atoms with Crippen molar-refractivity contribution in [2.24, 2.45) is 5.92 Å². The Balaban J connectivity index is 2.42. The summed E-state index contributed by atoms with van der Waals surface area (Å²) in [7, 11) is 0. The highest BCUT2D eigenvalue weighted by Crippen LogP contribution is 2.10. The van der Waals surface area contributed by atoms with E-state index in [-0.39, 0.29) is 5.56 Å². The monoisotopic (exact) mass is 294 g/mol. The molecule has 2 rings (SSSR count). The van der Waals surface area contributed by atoms with Crippen LogP contribution in [0.4, 0.5) is 0 Å². The zero-order valence-corrected chi connectivity index (χ0v) is 11.4. The van der Waals surface area contributed by atoms with Gasteiger partial charge in [-0.2, -0.15) is 0 Å². The van der Waals surface area contributed by atoms with Gasteiger partial charge in [0.15, 0.2) is 0 Å². The van der Waals surface area contributed by atoms with E-state index in [1.165, 1.54) is 0 Å². The van der Waals surface area contributed by atoms with Gasteiger partial charge in [-0.3, -0.25) is 9.36 Å². The Kier molecular flexibility index (Phi) is 3.94. The fourth-order valence-electron chi connectivity index (χ4n) is 1.80. The molecule has 0 saturated carbocycles. The smallest absolute Gasteiger partial charge is 0.261 e. The number of hydrogen-bond donors (Lipinski definition) is 0. The lowest BCUT2D eigenvalue weighted by Crippen LogP contribution is -2.24. The Bertz CT molecular complexity index is 561. The fraction of sp³-hybridized carbons (Fsp3) is 0.385. The van der Waals surface area contributed by atoms with Gasteiger partial charge in [-0.15, -0.1) is 0 Å². The molecule has 0 bridgehead atoms. The second-order valence-corrected chi connectivity index (χ2v) is 4.80. The highest BCUT2D eigenvalue weighted by atomic mass is 79.9. The third kappa shape index (κ3) is 2.57. The predicted molar refractivity (Wildman–Crippen MR) is 73.6 cm³/mol. The van der Waals surface area contributed by atoms with Crippen LogP contribution in [0, 0.1) is 5.92 Å². The van der Waals surface area contributed by atoms with Crippen LogP contribution >= 0.6 is 15.9 Å². The lowest BCUT2D eigenvalue weighted by molar-refractivity contribution is 0.467. The number of aromatic nitrogens is 2. The number of rotatable bonds is 4. The van der Waals surface area contributed by atoms with E-state index in [0.717, 1.165) is 23.8 Å². The molecule has 1 aromatic heterocycles. The summed E-state index contributed by atoms with van der Waals surface area (Å²) >= 11 is 3.47. The fourth-order valence-corrected chi connectivity index (χ4v) is 2.46. The first kappa shape index (κ1) is 12.3. The lowest BCUT2D eigenvalue weighted by Gasteiger charge is -2.13. The molecule has 1 aromatic carbocycles. The second-order valence-electron chi connectivity index (χ2n) is 4.15. The third-order valence-electron chi connectivity index (χ3n) is 2.98. The Hall–Kier alpha value is -1.16. The SMILES string of the molecule is CCC(CBr)Cn1cnc2ccccc2c1=O. The van der Waals surface area contributed by atoms with Crippen molar-refractivity contribution in [3.8, 4) is 0 Å². The Labute approximate surface area is 109 Å². The van der Waals surface area contributed by atoms with Gasteiger partial charge in [0.05, 0.1) is 17.2 Å². The molecule has 0 radical (unpaired) electrons.